The number of pyridine rings is 1. The molecule has 0 spiro atoms. The summed E-state index contributed by atoms with van der Waals surface area (Å²) in [6, 6.07) is 2.39. The lowest BCUT2D eigenvalue weighted by atomic mass is 10.3. The van der Waals surface area contributed by atoms with Crippen LogP contribution in [0.3, 0.4) is 0 Å². The molecule has 0 saturated heterocycles. The third-order valence-electron chi connectivity index (χ3n) is 1.69. The van der Waals surface area contributed by atoms with E-state index in [0.717, 1.165) is 0 Å². The number of amides is 1. The number of rotatable bonds is 3. The number of hydrogen-bond acceptors (Lipinski definition) is 3. The van der Waals surface area contributed by atoms with Crippen molar-refractivity contribution >= 4 is 27.8 Å². The zero-order valence-electron chi connectivity index (χ0n) is 7.90. The molecule has 1 heterocycles. The first kappa shape index (κ1) is 11.6. The van der Waals surface area contributed by atoms with Gasteiger partial charge >= 0.3 is 5.97 Å². The van der Waals surface area contributed by atoms with Gasteiger partial charge < -0.3 is 10.4 Å². The SMILES string of the molecule is CC(NC(=O)c1ncccc1Br)C(=O)O. The monoisotopic (exact) mass is 272 g/mol. The zero-order chi connectivity index (χ0) is 11.4. The number of carboxylic acid groups (broad SMARTS) is 1. The summed E-state index contributed by atoms with van der Waals surface area (Å²) in [6.45, 7) is 1.39. The van der Waals surface area contributed by atoms with Crippen LogP contribution in [0.1, 0.15) is 17.4 Å². The van der Waals surface area contributed by atoms with E-state index in [9.17, 15) is 9.59 Å². The van der Waals surface area contributed by atoms with Crippen molar-refractivity contribution in [3.05, 3.63) is 28.5 Å². The second kappa shape index (κ2) is 4.88. The maximum atomic E-state index is 11.5. The van der Waals surface area contributed by atoms with Crippen LogP contribution < -0.4 is 5.32 Å². The molecule has 0 fully saturated rings. The summed E-state index contributed by atoms with van der Waals surface area (Å²) in [5, 5.41) is 10.9. The number of nitrogens with zero attached hydrogens (tertiary/aromatic N) is 1. The summed E-state index contributed by atoms with van der Waals surface area (Å²) in [7, 11) is 0. The Kier molecular flexibility index (Phi) is 3.79. The van der Waals surface area contributed by atoms with Gasteiger partial charge in [0.25, 0.3) is 5.91 Å². The Morgan fingerprint density at radius 3 is 2.80 bits per heavy atom. The van der Waals surface area contributed by atoms with Gasteiger partial charge in [-0.1, -0.05) is 0 Å². The maximum Gasteiger partial charge on any atom is 0.325 e. The van der Waals surface area contributed by atoms with Crippen molar-refractivity contribution < 1.29 is 14.7 Å². The molecule has 0 aliphatic heterocycles. The molecular weight excluding hydrogens is 264 g/mol. The van der Waals surface area contributed by atoms with Gasteiger partial charge in [-0.25, -0.2) is 4.98 Å². The minimum absolute atomic E-state index is 0.172. The van der Waals surface area contributed by atoms with E-state index in [-0.39, 0.29) is 5.69 Å². The number of aliphatic carboxylic acids is 1. The van der Waals surface area contributed by atoms with Gasteiger partial charge in [-0.15, -0.1) is 0 Å². The minimum Gasteiger partial charge on any atom is -0.480 e. The van der Waals surface area contributed by atoms with Gasteiger partial charge in [0.1, 0.15) is 11.7 Å². The fraction of sp³-hybridized carbons (Fsp3) is 0.222. The molecule has 2 N–H and O–H groups in total. The molecule has 0 radical (unpaired) electrons. The molecule has 0 saturated carbocycles. The Labute approximate surface area is 94.6 Å². The number of carboxylic acids is 1. The number of carbonyl (C=O) groups is 2. The van der Waals surface area contributed by atoms with Gasteiger partial charge in [-0.2, -0.15) is 0 Å². The van der Waals surface area contributed by atoms with E-state index in [1.807, 2.05) is 0 Å². The predicted octanol–water partition coefficient (Wildman–Crippen LogP) is 1.05. The summed E-state index contributed by atoms with van der Waals surface area (Å²) in [4.78, 5) is 25.9. The third kappa shape index (κ3) is 3.02. The van der Waals surface area contributed by atoms with Crippen molar-refractivity contribution in [1.82, 2.24) is 10.3 Å². The molecule has 1 aromatic heterocycles. The predicted molar refractivity (Wildman–Crippen MR) is 56.5 cm³/mol. The normalized spacial score (nSPS) is 11.9. The highest BCUT2D eigenvalue weighted by Gasteiger charge is 2.17. The van der Waals surface area contributed by atoms with Crippen LogP contribution >= 0.6 is 15.9 Å². The summed E-state index contributed by atoms with van der Waals surface area (Å²) in [5.41, 5.74) is 0.172. The van der Waals surface area contributed by atoms with Crippen molar-refractivity contribution in [2.45, 2.75) is 13.0 Å². The second-order valence-electron chi connectivity index (χ2n) is 2.87. The van der Waals surface area contributed by atoms with Gasteiger partial charge in [0.2, 0.25) is 0 Å². The zero-order valence-corrected chi connectivity index (χ0v) is 9.48. The lowest BCUT2D eigenvalue weighted by molar-refractivity contribution is -0.138. The van der Waals surface area contributed by atoms with Crippen LogP contribution in [0.4, 0.5) is 0 Å². The summed E-state index contributed by atoms with van der Waals surface area (Å²) in [5.74, 6) is -1.60. The molecule has 80 valence electrons. The number of aromatic nitrogens is 1. The summed E-state index contributed by atoms with van der Waals surface area (Å²) < 4.78 is 0.528. The average molecular weight is 273 g/mol. The molecule has 15 heavy (non-hydrogen) atoms. The highest BCUT2D eigenvalue weighted by molar-refractivity contribution is 9.10. The fourth-order valence-electron chi connectivity index (χ4n) is 0.880. The molecule has 0 aliphatic carbocycles. The Balaban J connectivity index is 2.78. The van der Waals surface area contributed by atoms with E-state index >= 15 is 0 Å². The van der Waals surface area contributed by atoms with Crippen LogP contribution in [-0.2, 0) is 4.79 Å². The Morgan fingerprint density at radius 2 is 2.27 bits per heavy atom. The van der Waals surface area contributed by atoms with Crippen LogP contribution in [0.5, 0.6) is 0 Å². The number of halogens is 1. The molecule has 1 aromatic rings. The van der Waals surface area contributed by atoms with Crippen molar-refractivity contribution in [3.8, 4) is 0 Å². The standard InChI is InChI=1S/C9H9BrN2O3/c1-5(9(14)15)12-8(13)7-6(10)3-2-4-11-7/h2-5H,1H3,(H,12,13)(H,14,15). The Hall–Kier alpha value is -1.43. The van der Waals surface area contributed by atoms with Gasteiger partial charge in [0.15, 0.2) is 0 Å². The van der Waals surface area contributed by atoms with E-state index in [0.29, 0.717) is 4.47 Å². The van der Waals surface area contributed by atoms with Crippen molar-refractivity contribution in [1.29, 1.82) is 0 Å². The molecule has 1 unspecified atom stereocenters. The average Bonchev–Trinajstić information content (AvgIpc) is 2.18. The van der Waals surface area contributed by atoms with Gasteiger partial charge in [-0.05, 0) is 35.0 Å². The largest absolute Gasteiger partial charge is 0.480 e. The van der Waals surface area contributed by atoms with Crippen LogP contribution in [0.15, 0.2) is 22.8 Å². The van der Waals surface area contributed by atoms with Crippen molar-refractivity contribution in [3.63, 3.8) is 0 Å². The first-order chi connectivity index (χ1) is 7.02. The van der Waals surface area contributed by atoms with Crippen LogP contribution in [0, 0.1) is 0 Å². The molecule has 0 aromatic carbocycles. The van der Waals surface area contributed by atoms with Crippen molar-refractivity contribution in [2.24, 2.45) is 0 Å². The summed E-state index contributed by atoms with van der Waals surface area (Å²) in [6.07, 6.45) is 1.46. The molecule has 6 heteroatoms. The van der Waals surface area contributed by atoms with E-state index < -0.39 is 17.9 Å². The Bertz CT molecular complexity index is 395. The van der Waals surface area contributed by atoms with Gasteiger partial charge in [-0.3, -0.25) is 9.59 Å². The molecular formula is C9H9BrN2O3. The lowest BCUT2D eigenvalue weighted by Crippen LogP contribution is -2.38. The molecule has 1 atom stereocenters. The van der Waals surface area contributed by atoms with Crippen molar-refractivity contribution in [2.75, 3.05) is 0 Å². The highest BCUT2D eigenvalue weighted by atomic mass is 79.9. The first-order valence-electron chi connectivity index (χ1n) is 4.16. The van der Waals surface area contributed by atoms with E-state index in [2.05, 4.69) is 26.2 Å². The van der Waals surface area contributed by atoms with Gasteiger partial charge in [0, 0.05) is 10.7 Å². The first-order valence-corrected chi connectivity index (χ1v) is 4.96. The number of hydrogen-bond donors (Lipinski definition) is 2. The number of nitrogens with one attached hydrogen (secondary N) is 1. The van der Waals surface area contributed by atoms with Crippen LogP contribution in [-0.4, -0.2) is 28.0 Å². The number of carbonyl (C=O) groups excluding carboxylic acids is 1. The van der Waals surface area contributed by atoms with E-state index in [1.165, 1.54) is 13.1 Å². The highest BCUT2D eigenvalue weighted by Crippen LogP contribution is 2.12. The third-order valence-corrected chi connectivity index (χ3v) is 2.33. The fourth-order valence-corrected chi connectivity index (χ4v) is 1.31. The molecule has 0 aliphatic rings. The smallest absolute Gasteiger partial charge is 0.325 e. The lowest BCUT2D eigenvalue weighted by Gasteiger charge is -2.09. The van der Waals surface area contributed by atoms with Gasteiger partial charge in [0.05, 0.1) is 0 Å². The molecule has 1 rings (SSSR count). The Morgan fingerprint density at radius 1 is 1.60 bits per heavy atom. The second-order valence-corrected chi connectivity index (χ2v) is 3.72. The maximum absolute atomic E-state index is 11.5. The van der Waals surface area contributed by atoms with E-state index in [4.69, 9.17) is 5.11 Å². The minimum atomic E-state index is -1.09. The van der Waals surface area contributed by atoms with Crippen LogP contribution in [0.25, 0.3) is 0 Å². The molecule has 1 amide bonds. The topological polar surface area (TPSA) is 79.3 Å². The molecule has 0 bridgehead atoms. The van der Waals surface area contributed by atoms with E-state index in [1.54, 1.807) is 12.1 Å². The molecule has 5 nitrogen and oxygen atoms in total. The van der Waals surface area contributed by atoms with Crippen LogP contribution in [0.2, 0.25) is 0 Å². The summed E-state index contributed by atoms with van der Waals surface area (Å²) >= 11 is 3.15. The quantitative estimate of drug-likeness (QED) is 0.862.